The van der Waals surface area contributed by atoms with E-state index in [2.05, 4.69) is 20.8 Å². The minimum absolute atomic E-state index is 0.229. The zero-order valence-electron chi connectivity index (χ0n) is 8.24. The third-order valence-electron chi connectivity index (χ3n) is 1.87. The Morgan fingerprint density at radius 2 is 2.12 bits per heavy atom. The Balaban J connectivity index is 2.23. The van der Waals surface area contributed by atoms with E-state index in [1.165, 1.54) is 4.68 Å². The van der Waals surface area contributed by atoms with Crippen molar-refractivity contribution < 1.29 is 9.90 Å². The molecule has 0 unspecified atom stereocenters. The molecule has 1 aromatic carbocycles. The Morgan fingerprint density at radius 1 is 1.38 bits per heavy atom. The molecule has 16 heavy (non-hydrogen) atoms. The molecule has 7 nitrogen and oxygen atoms in total. The summed E-state index contributed by atoms with van der Waals surface area (Å²) in [6.45, 7) is -0.229. The standard InChI is InChI=1S/C9H9N5O2/c15-8(16)6-10-9-11-12-13-14(9)7-4-2-1-3-5-7/h1-5H,6H2,(H,15,16)(H,10,11,13). The van der Waals surface area contributed by atoms with Gasteiger partial charge in [0.1, 0.15) is 6.54 Å². The third kappa shape index (κ3) is 2.14. The van der Waals surface area contributed by atoms with E-state index in [0.29, 0.717) is 5.95 Å². The summed E-state index contributed by atoms with van der Waals surface area (Å²) in [4.78, 5) is 10.4. The minimum atomic E-state index is -0.970. The van der Waals surface area contributed by atoms with Crippen LogP contribution in [0.25, 0.3) is 5.69 Å². The molecule has 0 atom stereocenters. The molecular formula is C9H9N5O2. The quantitative estimate of drug-likeness (QED) is 0.760. The maximum atomic E-state index is 10.4. The van der Waals surface area contributed by atoms with Gasteiger partial charge in [-0.2, -0.15) is 4.68 Å². The normalized spacial score (nSPS) is 10.0. The van der Waals surface area contributed by atoms with E-state index in [4.69, 9.17) is 5.11 Å². The first kappa shape index (κ1) is 10.1. The lowest BCUT2D eigenvalue weighted by Crippen LogP contribution is -2.15. The Labute approximate surface area is 90.7 Å². The van der Waals surface area contributed by atoms with Gasteiger partial charge in [0.15, 0.2) is 0 Å². The van der Waals surface area contributed by atoms with Crippen LogP contribution in [0.15, 0.2) is 30.3 Å². The number of carboxylic acids is 1. The van der Waals surface area contributed by atoms with Crippen LogP contribution < -0.4 is 5.32 Å². The second-order valence-electron chi connectivity index (χ2n) is 3.00. The first-order chi connectivity index (χ1) is 7.77. The molecule has 0 spiro atoms. The summed E-state index contributed by atoms with van der Waals surface area (Å²) >= 11 is 0. The van der Waals surface area contributed by atoms with Gasteiger partial charge in [-0.05, 0) is 22.6 Å². The van der Waals surface area contributed by atoms with Crippen LogP contribution in [0.4, 0.5) is 5.95 Å². The largest absolute Gasteiger partial charge is 0.480 e. The molecule has 0 aliphatic carbocycles. The topological polar surface area (TPSA) is 92.9 Å². The first-order valence-electron chi connectivity index (χ1n) is 4.57. The van der Waals surface area contributed by atoms with Crippen molar-refractivity contribution >= 4 is 11.9 Å². The molecule has 82 valence electrons. The van der Waals surface area contributed by atoms with Gasteiger partial charge in [0.2, 0.25) is 5.95 Å². The van der Waals surface area contributed by atoms with Crippen molar-refractivity contribution in [1.29, 1.82) is 0 Å². The molecule has 1 aromatic heterocycles. The van der Waals surface area contributed by atoms with Gasteiger partial charge in [-0.25, -0.2) is 0 Å². The van der Waals surface area contributed by atoms with Gasteiger partial charge in [0.25, 0.3) is 0 Å². The summed E-state index contributed by atoms with van der Waals surface area (Å²) in [6.07, 6.45) is 0. The molecule has 0 saturated heterocycles. The van der Waals surface area contributed by atoms with Crippen LogP contribution in [0.5, 0.6) is 0 Å². The molecule has 0 fully saturated rings. The molecule has 2 aromatic rings. The second-order valence-corrected chi connectivity index (χ2v) is 3.00. The third-order valence-corrected chi connectivity index (χ3v) is 1.87. The van der Waals surface area contributed by atoms with Crippen LogP contribution in [-0.2, 0) is 4.79 Å². The lowest BCUT2D eigenvalue weighted by Gasteiger charge is -2.04. The van der Waals surface area contributed by atoms with E-state index in [1.54, 1.807) is 0 Å². The second kappa shape index (κ2) is 4.39. The molecule has 0 saturated carbocycles. The monoisotopic (exact) mass is 219 g/mol. The van der Waals surface area contributed by atoms with E-state index < -0.39 is 5.97 Å². The molecule has 0 aliphatic rings. The number of carboxylic acid groups (broad SMARTS) is 1. The minimum Gasteiger partial charge on any atom is -0.480 e. The molecule has 2 rings (SSSR count). The van der Waals surface area contributed by atoms with Crippen molar-refractivity contribution in [3.63, 3.8) is 0 Å². The highest BCUT2D eigenvalue weighted by atomic mass is 16.4. The van der Waals surface area contributed by atoms with Crippen LogP contribution in [0, 0.1) is 0 Å². The Hall–Kier alpha value is -2.44. The van der Waals surface area contributed by atoms with Gasteiger partial charge < -0.3 is 10.4 Å². The fourth-order valence-electron chi connectivity index (χ4n) is 1.20. The van der Waals surface area contributed by atoms with Gasteiger partial charge in [0.05, 0.1) is 5.69 Å². The van der Waals surface area contributed by atoms with Crippen LogP contribution >= 0.6 is 0 Å². The van der Waals surface area contributed by atoms with Gasteiger partial charge in [-0.3, -0.25) is 4.79 Å². The number of hydrogen-bond acceptors (Lipinski definition) is 5. The molecule has 0 radical (unpaired) electrons. The van der Waals surface area contributed by atoms with Crippen molar-refractivity contribution in [2.45, 2.75) is 0 Å². The van der Waals surface area contributed by atoms with Crippen molar-refractivity contribution in [1.82, 2.24) is 20.2 Å². The zero-order valence-corrected chi connectivity index (χ0v) is 8.24. The van der Waals surface area contributed by atoms with E-state index in [-0.39, 0.29) is 6.54 Å². The molecule has 7 heteroatoms. The Bertz CT molecular complexity index is 482. The lowest BCUT2D eigenvalue weighted by molar-refractivity contribution is -0.134. The average molecular weight is 219 g/mol. The number of nitrogens with one attached hydrogen (secondary N) is 1. The summed E-state index contributed by atoms with van der Waals surface area (Å²) in [5.74, 6) is -0.670. The fourth-order valence-corrected chi connectivity index (χ4v) is 1.20. The van der Waals surface area contributed by atoms with Crippen molar-refractivity contribution in [2.24, 2.45) is 0 Å². The highest BCUT2D eigenvalue weighted by molar-refractivity contribution is 5.71. The SMILES string of the molecule is O=C(O)CNc1nnnn1-c1ccccc1. The number of anilines is 1. The van der Waals surface area contributed by atoms with Gasteiger partial charge in [0, 0.05) is 0 Å². The number of benzene rings is 1. The number of carbonyl (C=O) groups is 1. The first-order valence-corrected chi connectivity index (χ1v) is 4.57. The van der Waals surface area contributed by atoms with E-state index in [0.717, 1.165) is 5.69 Å². The Morgan fingerprint density at radius 3 is 2.81 bits per heavy atom. The van der Waals surface area contributed by atoms with Gasteiger partial charge >= 0.3 is 5.97 Å². The summed E-state index contributed by atoms with van der Waals surface area (Å²) in [7, 11) is 0. The summed E-state index contributed by atoms with van der Waals surface area (Å²) in [5, 5.41) is 22.1. The number of hydrogen-bond donors (Lipinski definition) is 2. The molecule has 0 aliphatic heterocycles. The highest BCUT2D eigenvalue weighted by Crippen LogP contribution is 2.09. The zero-order chi connectivity index (χ0) is 11.4. The number of tetrazole rings is 1. The number of nitrogens with zero attached hydrogens (tertiary/aromatic N) is 4. The molecular weight excluding hydrogens is 210 g/mol. The number of aliphatic carboxylic acids is 1. The van der Waals surface area contributed by atoms with Crippen LogP contribution in [0.1, 0.15) is 0 Å². The van der Waals surface area contributed by atoms with Crippen molar-refractivity contribution in [3.05, 3.63) is 30.3 Å². The van der Waals surface area contributed by atoms with Crippen LogP contribution in [0.3, 0.4) is 0 Å². The number of aromatic nitrogens is 4. The number of para-hydroxylation sites is 1. The van der Waals surface area contributed by atoms with Crippen LogP contribution in [-0.4, -0.2) is 37.8 Å². The predicted octanol–water partition coefficient (Wildman–Crippen LogP) is 0.159. The van der Waals surface area contributed by atoms with Crippen molar-refractivity contribution in [3.8, 4) is 5.69 Å². The maximum absolute atomic E-state index is 10.4. The van der Waals surface area contributed by atoms with E-state index in [9.17, 15) is 4.79 Å². The maximum Gasteiger partial charge on any atom is 0.322 e. The predicted molar refractivity (Wildman–Crippen MR) is 55.3 cm³/mol. The average Bonchev–Trinajstić information content (AvgIpc) is 2.75. The molecule has 0 amide bonds. The smallest absolute Gasteiger partial charge is 0.322 e. The number of rotatable bonds is 4. The summed E-state index contributed by atoms with van der Waals surface area (Å²) < 4.78 is 1.43. The molecule has 2 N–H and O–H groups in total. The van der Waals surface area contributed by atoms with Crippen molar-refractivity contribution in [2.75, 3.05) is 11.9 Å². The fraction of sp³-hybridized carbons (Fsp3) is 0.111. The molecule has 1 heterocycles. The van der Waals surface area contributed by atoms with Crippen LogP contribution in [0.2, 0.25) is 0 Å². The highest BCUT2D eigenvalue weighted by Gasteiger charge is 2.08. The molecule has 0 bridgehead atoms. The Kier molecular flexibility index (Phi) is 2.77. The summed E-state index contributed by atoms with van der Waals surface area (Å²) in [5.41, 5.74) is 0.764. The van der Waals surface area contributed by atoms with Gasteiger partial charge in [-0.1, -0.05) is 23.3 Å². The lowest BCUT2D eigenvalue weighted by atomic mass is 10.3. The van der Waals surface area contributed by atoms with E-state index in [1.807, 2.05) is 30.3 Å². The van der Waals surface area contributed by atoms with E-state index >= 15 is 0 Å². The summed E-state index contributed by atoms with van der Waals surface area (Å²) in [6, 6.07) is 9.21. The van der Waals surface area contributed by atoms with Gasteiger partial charge in [-0.15, -0.1) is 0 Å².